The zero-order valence-electron chi connectivity index (χ0n) is 12.8. The highest BCUT2D eigenvalue weighted by molar-refractivity contribution is 5.87. The van der Waals surface area contributed by atoms with Crippen LogP contribution in [0, 0.1) is 0 Å². The van der Waals surface area contributed by atoms with Gasteiger partial charge in [-0.2, -0.15) is 0 Å². The summed E-state index contributed by atoms with van der Waals surface area (Å²) in [6.07, 6.45) is 2.34. The molecule has 2 aromatic rings. The van der Waals surface area contributed by atoms with Crippen molar-refractivity contribution in [1.82, 2.24) is 15.8 Å². The Balaban J connectivity index is 1.80. The Kier molecular flexibility index (Phi) is 4.24. The molecule has 1 saturated heterocycles. The van der Waals surface area contributed by atoms with Crippen molar-refractivity contribution in [1.29, 1.82) is 0 Å². The number of benzene rings is 1. The van der Waals surface area contributed by atoms with Crippen LogP contribution in [0.2, 0.25) is 0 Å². The minimum Gasteiger partial charge on any atom is -0.361 e. The molecule has 1 atom stereocenters. The molecule has 1 aliphatic heterocycles. The van der Waals surface area contributed by atoms with Crippen LogP contribution in [0.4, 0.5) is 0 Å². The van der Waals surface area contributed by atoms with Gasteiger partial charge in [0.15, 0.2) is 0 Å². The largest absolute Gasteiger partial charge is 0.361 e. The first-order chi connectivity index (χ1) is 10.7. The molecule has 0 spiro atoms. The maximum atomic E-state index is 12.4. The number of nitrogens with zero attached hydrogens (tertiary/aromatic N) is 1. The van der Waals surface area contributed by atoms with Gasteiger partial charge >= 0.3 is 0 Å². The molecule has 1 aromatic carbocycles. The lowest BCUT2D eigenvalue weighted by Gasteiger charge is -2.26. The molecular weight excluding hydrogens is 278 g/mol. The molecule has 3 rings (SSSR count). The second-order valence-electron chi connectivity index (χ2n) is 5.69. The Hall–Kier alpha value is -2.14. The van der Waals surface area contributed by atoms with E-state index in [-0.39, 0.29) is 5.91 Å². The second kappa shape index (κ2) is 6.32. The third-order valence-electron chi connectivity index (χ3n) is 4.12. The van der Waals surface area contributed by atoms with Crippen molar-refractivity contribution >= 4 is 5.91 Å². The van der Waals surface area contributed by atoms with Crippen LogP contribution in [0.3, 0.4) is 0 Å². The van der Waals surface area contributed by atoms with Gasteiger partial charge in [0.1, 0.15) is 17.0 Å². The SMILES string of the molecule is CCNC(=O)C1(Cc2cc(-c3ccccc3)no2)CCCN1. The number of nitrogens with one attached hydrogen (secondary N) is 2. The Bertz CT molecular complexity index is 630. The van der Waals surface area contributed by atoms with Crippen molar-refractivity contribution in [2.45, 2.75) is 31.7 Å². The highest BCUT2D eigenvalue weighted by Gasteiger charge is 2.41. The predicted octanol–water partition coefficient (Wildman–Crippen LogP) is 2.14. The average molecular weight is 299 g/mol. The molecule has 2 N–H and O–H groups in total. The number of amides is 1. The minimum atomic E-state index is -0.566. The molecule has 0 aliphatic carbocycles. The Morgan fingerprint density at radius 3 is 2.91 bits per heavy atom. The third-order valence-corrected chi connectivity index (χ3v) is 4.12. The molecule has 1 aromatic heterocycles. The monoisotopic (exact) mass is 299 g/mol. The van der Waals surface area contributed by atoms with Gasteiger partial charge in [0.05, 0.1) is 0 Å². The van der Waals surface area contributed by atoms with Crippen molar-refractivity contribution in [3.63, 3.8) is 0 Å². The molecule has 1 fully saturated rings. The Morgan fingerprint density at radius 2 is 2.23 bits per heavy atom. The van der Waals surface area contributed by atoms with Crippen LogP contribution in [0.15, 0.2) is 40.9 Å². The molecule has 5 nitrogen and oxygen atoms in total. The Labute approximate surface area is 130 Å². The minimum absolute atomic E-state index is 0.0464. The van der Waals surface area contributed by atoms with E-state index in [0.29, 0.717) is 13.0 Å². The van der Waals surface area contributed by atoms with E-state index in [4.69, 9.17) is 4.52 Å². The van der Waals surface area contributed by atoms with Gasteiger partial charge in [-0.05, 0) is 26.3 Å². The number of hydrogen-bond acceptors (Lipinski definition) is 4. The quantitative estimate of drug-likeness (QED) is 0.887. The fraction of sp³-hybridized carbons (Fsp3) is 0.412. The summed E-state index contributed by atoms with van der Waals surface area (Å²) >= 11 is 0. The number of aromatic nitrogens is 1. The number of likely N-dealkylation sites (N-methyl/N-ethyl adjacent to an activating group) is 1. The highest BCUT2D eigenvalue weighted by atomic mass is 16.5. The molecule has 0 saturated carbocycles. The molecule has 5 heteroatoms. The average Bonchev–Trinajstić information content (AvgIpc) is 3.19. The lowest BCUT2D eigenvalue weighted by Crippen LogP contribution is -2.55. The van der Waals surface area contributed by atoms with E-state index in [0.717, 1.165) is 36.4 Å². The van der Waals surface area contributed by atoms with Crippen molar-refractivity contribution in [3.8, 4) is 11.3 Å². The van der Waals surface area contributed by atoms with Crippen molar-refractivity contribution in [3.05, 3.63) is 42.2 Å². The lowest BCUT2D eigenvalue weighted by molar-refractivity contribution is -0.127. The topological polar surface area (TPSA) is 67.2 Å². The fourth-order valence-electron chi connectivity index (χ4n) is 3.00. The summed E-state index contributed by atoms with van der Waals surface area (Å²) in [5.74, 6) is 0.782. The number of hydrogen-bond donors (Lipinski definition) is 2. The zero-order valence-corrected chi connectivity index (χ0v) is 12.8. The predicted molar refractivity (Wildman–Crippen MR) is 84.3 cm³/mol. The standard InChI is InChI=1S/C17H21N3O2/c1-2-18-16(21)17(9-6-10-19-17)12-14-11-15(20-22-14)13-7-4-3-5-8-13/h3-5,7-8,11,19H,2,6,9-10,12H2,1H3,(H,18,21). The Morgan fingerprint density at radius 1 is 1.41 bits per heavy atom. The number of carbonyl (C=O) groups is 1. The van der Waals surface area contributed by atoms with Gasteiger partial charge in [0.25, 0.3) is 0 Å². The normalized spacial score (nSPS) is 21.0. The summed E-state index contributed by atoms with van der Waals surface area (Å²) in [6.45, 7) is 3.42. The van der Waals surface area contributed by atoms with Gasteiger partial charge in [-0.25, -0.2) is 0 Å². The smallest absolute Gasteiger partial charge is 0.240 e. The lowest BCUT2D eigenvalue weighted by atomic mass is 9.90. The summed E-state index contributed by atoms with van der Waals surface area (Å²) in [4.78, 5) is 12.4. The second-order valence-corrected chi connectivity index (χ2v) is 5.69. The summed E-state index contributed by atoms with van der Waals surface area (Å²) in [5.41, 5.74) is 1.26. The van der Waals surface area contributed by atoms with Gasteiger partial charge in [0.2, 0.25) is 5.91 Å². The number of carbonyl (C=O) groups excluding carboxylic acids is 1. The zero-order chi connectivity index (χ0) is 15.4. The van der Waals surface area contributed by atoms with Crippen LogP contribution in [0.25, 0.3) is 11.3 Å². The van der Waals surface area contributed by atoms with Crippen molar-refractivity contribution in [2.24, 2.45) is 0 Å². The van der Waals surface area contributed by atoms with Crippen LogP contribution >= 0.6 is 0 Å². The summed E-state index contributed by atoms with van der Waals surface area (Å²) in [6, 6.07) is 11.8. The molecule has 22 heavy (non-hydrogen) atoms. The maximum absolute atomic E-state index is 12.4. The first-order valence-electron chi connectivity index (χ1n) is 7.78. The summed E-state index contributed by atoms with van der Waals surface area (Å²) in [5, 5.41) is 10.4. The van der Waals surface area contributed by atoms with Crippen molar-refractivity contribution < 1.29 is 9.32 Å². The van der Waals surface area contributed by atoms with Gasteiger partial charge < -0.3 is 15.2 Å². The van der Waals surface area contributed by atoms with Gasteiger partial charge in [-0.15, -0.1) is 0 Å². The van der Waals surface area contributed by atoms with E-state index in [2.05, 4.69) is 15.8 Å². The molecule has 0 bridgehead atoms. The molecular formula is C17H21N3O2. The first-order valence-corrected chi connectivity index (χ1v) is 7.78. The summed E-state index contributed by atoms with van der Waals surface area (Å²) < 4.78 is 5.46. The van der Waals surface area contributed by atoms with Crippen molar-refractivity contribution in [2.75, 3.05) is 13.1 Å². The molecule has 0 radical (unpaired) electrons. The van der Waals surface area contributed by atoms with E-state index in [9.17, 15) is 4.79 Å². The fourth-order valence-corrected chi connectivity index (χ4v) is 3.00. The van der Waals surface area contributed by atoms with E-state index in [1.807, 2.05) is 43.3 Å². The molecule has 1 aliphatic rings. The van der Waals surface area contributed by atoms with E-state index >= 15 is 0 Å². The molecule has 1 amide bonds. The maximum Gasteiger partial charge on any atom is 0.240 e. The van der Waals surface area contributed by atoms with Crippen LogP contribution in [0.1, 0.15) is 25.5 Å². The summed E-state index contributed by atoms with van der Waals surface area (Å²) in [7, 11) is 0. The van der Waals surface area contributed by atoms with Gasteiger partial charge in [0, 0.05) is 24.6 Å². The molecule has 2 heterocycles. The third kappa shape index (κ3) is 2.90. The molecule has 1 unspecified atom stereocenters. The van der Waals surface area contributed by atoms with E-state index in [1.54, 1.807) is 0 Å². The van der Waals surface area contributed by atoms with E-state index < -0.39 is 5.54 Å². The van der Waals surface area contributed by atoms with Gasteiger partial charge in [-0.3, -0.25) is 4.79 Å². The molecule has 116 valence electrons. The van der Waals surface area contributed by atoms with Crippen LogP contribution < -0.4 is 10.6 Å². The number of rotatable bonds is 5. The van der Waals surface area contributed by atoms with Crippen LogP contribution in [0.5, 0.6) is 0 Å². The van der Waals surface area contributed by atoms with Gasteiger partial charge in [-0.1, -0.05) is 35.5 Å². The first kappa shape index (κ1) is 14.8. The highest BCUT2D eigenvalue weighted by Crippen LogP contribution is 2.27. The van der Waals surface area contributed by atoms with Crippen LogP contribution in [-0.2, 0) is 11.2 Å². The van der Waals surface area contributed by atoms with E-state index in [1.165, 1.54) is 0 Å². The van der Waals surface area contributed by atoms with Crippen LogP contribution in [-0.4, -0.2) is 29.7 Å².